The summed E-state index contributed by atoms with van der Waals surface area (Å²) in [6.07, 6.45) is 3.35. The normalized spacial score (nSPS) is 12.2. The Labute approximate surface area is 127 Å². The molecule has 1 aromatic carbocycles. The van der Waals surface area contributed by atoms with Crippen molar-refractivity contribution in [3.8, 4) is 0 Å². The van der Waals surface area contributed by atoms with Crippen LogP contribution in [-0.2, 0) is 6.42 Å². The second kappa shape index (κ2) is 6.75. The van der Waals surface area contributed by atoms with Crippen LogP contribution in [0.2, 0.25) is 0 Å². The maximum absolute atomic E-state index is 12.2. The third kappa shape index (κ3) is 3.97. The molecule has 0 aliphatic carbocycles. The molecule has 2 aromatic rings. The smallest absolute Gasteiger partial charge is 0.251 e. The molecule has 0 aliphatic rings. The van der Waals surface area contributed by atoms with E-state index in [2.05, 4.69) is 21.2 Å². The fraction of sp³-hybridized carbons (Fsp3) is 0.312. The largest absolute Gasteiger partial charge is 0.469 e. The van der Waals surface area contributed by atoms with E-state index in [4.69, 9.17) is 4.42 Å². The Kier molecular flexibility index (Phi) is 5.01. The van der Waals surface area contributed by atoms with Gasteiger partial charge in [-0.3, -0.25) is 4.79 Å². The molecular formula is C16H18BrNO2. The van der Waals surface area contributed by atoms with E-state index in [1.165, 1.54) is 0 Å². The Balaban J connectivity index is 1.91. The highest BCUT2D eigenvalue weighted by molar-refractivity contribution is 9.10. The Morgan fingerprint density at radius 1 is 1.40 bits per heavy atom. The van der Waals surface area contributed by atoms with E-state index in [1.807, 2.05) is 44.2 Å². The first kappa shape index (κ1) is 14.9. The summed E-state index contributed by atoms with van der Waals surface area (Å²) in [5.74, 6) is 0.917. The van der Waals surface area contributed by atoms with Crippen LogP contribution in [-0.4, -0.2) is 11.9 Å². The molecule has 2 rings (SSSR count). The summed E-state index contributed by atoms with van der Waals surface area (Å²) in [5.41, 5.74) is 1.69. The highest BCUT2D eigenvalue weighted by atomic mass is 79.9. The first-order valence-corrected chi connectivity index (χ1v) is 7.45. The molecule has 3 nitrogen and oxygen atoms in total. The van der Waals surface area contributed by atoms with Crippen LogP contribution in [0, 0.1) is 6.92 Å². The number of rotatable bonds is 5. The number of furan rings is 1. The summed E-state index contributed by atoms with van der Waals surface area (Å²) in [4.78, 5) is 12.2. The quantitative estimate of drug-likeness (QED) is 0.893. The van der Waals surface area contributed by atoms with Crippen LogP contribution in [0.15, 0.2) is 45.5 Å². The maximum Gasteiger partial charge on any atom is 0.251 e. The van der Waals surface area contributed by atoms with Gasteiger partial charge >= 0.3 is 0 Å². The first-order chi connectivity index (χ1) is 9.56. The van der Waals surface area contributed by atoms with Gasteiger partial charge in [0.2, 0.25) is 0 Å². The van der Waals surface area contributed by atoms with E-state index in [0.717, 1.165) is 28.6 Å². The molecule has 4 heteroatoms. The topological polar surface area (TPSA) is 42.2 Å². The van der Waals surface area contributed by atoms with Gasteiger partial charge in [-0.05, 0) is 50.1 Å². The first-order valence-electron chi connectivity index (χ1n) is 6.65. The van der Waals surface area contributed by atoms with E-state index in [-0.39, 0.29) is 11.9 Å². The molecule has 1 atom stereocenters. The number of hydrogen-bond donors (Lipinski definition) is 1. The molecular weight excluding hydrogens is 318 g/mol. The van der Waals surface area contributed by atoms with Gasteiger partial charge in [0.15, 0.2) is 0 Å². The third-order valence-corrected chi connectivity index (χ3v) is 3.72. The third-order valence-electron chi connectivity index (χ3n) is 3.23. The summed E-state index contributed by atoms with van der Waals surface area (Å²) < 4.78 is 6.20. The molecule has 0 saturated heterocycles. The Morgan fingerprint density at radius 3 is 2.90 bits per heavy atom. The van der Waals surface area contributed by atoms with Crippen LogP contribution in [0.5, 0.6) is 0 Å². The van der Waals surface area contributed by atoms with Gasteiger partial charge in [-0.25, -0.2) is 0 Å². The van der Waals surface area contributed by atoms with Crippen LogP contribution in [0.25, 0.3) is 0 Å². The molecule has 1 unspecified atom stereocenters. The lowest BCUT2D eigenvalue weighted by molar-refractivity contribution is 0.0937. The number of amides is 1. The molecule has 1 N–H and O–H groups in total. The van der Waals surface area contributed by atoms with Crippen LogP contribution in [0.4, 0.5) is 0 Å². The Bertz CT molecular complexity index is 578. The highest BCUT2D eigenvalue weighted by Crippen LogP contribution is 2.16. The standard InChI is InChI=1S/C16H18BrNO2/c1-11-5-7-13(17)10-15(11)16(19)18-12(2)6-8-14-4-3-9-20-14/h3-5,7,9-10,12H,6,8H2,1-2H3,(H,18,19). The van der Waals surface area contributed by atoms with Gasteiger partial charge in [0.1, 0.15) is 5.76 Å². The molecule has 0 fully saturated rings. The van der Waals surface area contributed by atoms with Crippen molar-refractivity contribution in [3.05, 3.63) is 58.0 Å². The second-order valence-electron chi connectivity index (χ2n) is 4.95. The number of nitrogens with one attached hydrogen (secondary N) is 1. The average Bonchev–Trinajstić information content (AvgIpc) is 2.92. The lowest BCUT2D eigenvalue weighted by Gasteiger charge is -2.14. The van der Waals surface area contributed by atoms with E-state index in [9.17, 15) is 4.79 Å². The molecule has 106 valence electrons. The van der Waals surface area contributed by atoms with Crippen molar-refractivity contribution >= 4 is 21.8 Å². The van der Waals surface area contributed by atoms with E-state index in [0.29, 0.717) is 5.56 Å². The lowest BCUT2D eigenvalue weighted by atomic mass is 10.1. The van der Waals surface area contributed by atoms with Crippen molar-refractivity contribution in [2.24, 2.45) is 0 Å². The van der Waals surface area contributed by atoms with Crippen LogP contribution < -0.4 is 5.32 Å². The molecule has 1 amide bonds. The number of halogens is 1. The van der Waals surface area contributed by atoms with Crippen molar-refractivity contribution in [2.75, 3.05) is 0 Å². The van der Waals surface area contributed by atoms with Gasteiger partial charge in [-0.15, -0.1) is 0 Å². The summed E-state index contributed by atoms with van der Waals surface area (Å²) in [5, 5.41) is 3.03. The minimum absolute atomic E-state index is 0.0317. The van der Waals surface area contributed by atoms with Gasteiger partial charge in [0.05, 0.1) is 6.26 Å². The highest BCUT2D eigenvalue weighted by Gasteiger charge is 2.12. The fourth-order valence-corrected chi connectivity index (χ4v) is 2.39. The van der Waals surface area contributed by atoms with Crippen LogP contribution >= 0.6 is 15.9 Å². The predicted molar refractivity (Wildman–Crippen MR) is 82.8 cm³/mol. The monoisotopic (exact) mass is 335 g/mol. The van der Waals surface area contributed by atoms with Crippen molar-refractivity contribution in [1.82, 2.24) is 5.32 Å². The second-order valence-corrected chi connectivity index (χ2v) is 5.87. The van der Waals surface area contributed by atoms with Gasteiger partial charge < -0.3 is 9.73 Å². The van der Waals surface area contributed by atoms with E-state index >= 15 is 0 Å². The molecule has 0 saturated carbocycles. The molecule has 0 aliphatic heterocycles. The van der Waals surface area contributed by atoms with Crippen molar-refractivity contribution in [1.29, 1.82) is 0 Å². The predicted octanol–water partition coefficient (Wildman–Crippen LogP) is 4.10. The number of benzene rings is 1. The molecule has 0 bridgehead atoms. The van der Waals surface area contributed by atoms with Gasteiger partial charge in [-0.2, -0.15) is 0 Å². The number of carbonyl (C=O) groups excluding carboxylic acids is 1. The molecule has 20 heavy (non-hydrogen) atoms. The lowest BCUT2D eigenvalue weighted by Crippen LogP contribution is -2.33. The summed E-state index contributed by atoms with van der Waals surface area (Å²) in [6, 6.07) is 9.66. The van der Waals surface area contributed by atoms with Crippen LogP contribution in [0.3, 0.4) is 0 Å². The number of aryl methyl sites for hydroxylation is 2. The van der Waals surface area contributed by atoms with Crippen molar-refractivity contribution in [3.63, 3.8) is 0 Å². The van der Waals surface area contributed by atoms with Gasteiger partial charge in [0, 0.05) is 22.5 Å². The van der Waals surface area contributed by atoms with Crippen LogP contribution in [0.1, 0.15) is 35.0 Å². The Morgan fingerprint density at radius 2 is 2.20 bits per heavy atom. The number of hydrogen-bond acceptors (Lipinski definition) is 2. The van der Waals surface area contributed by atoms with E-state index < -0.39 is 0 Å². The Hall–Kier alpha value is -1.55. The maximum atomic E-state index is 12.2. The fourth-order valence-electron chi connectivity index (χ4n) is 2.03. The summed E-state index contributed by atoms with van der Waals surface area (Å²) in [7, 11) is 0. The average molecular weight is 336 g/mol. The molecule has 1 heterocycles. The minimum atomic E-state index is -0.0317. The van der Waals surface area contributed by atoms with Gasteiger partial charge in [0.25, 0.3) is 5.91 Å². The molecule has 0 spiro atoms. The van der Waals surface area contributed by atoms with Crippen molar-refractivity contribution < 1.29 is 9.21 Å². The number of carbonyl (C=O) groups is 1. The zero-order valence-corrected chi connectivity index (χ0v) is 13.2. The molecule has 1 aromatic heterocycles. The minimum Gasteiger partial charge on any atom is -0.469 e. The zero-order valence-electron chi connectivity index (χ0n) is 11.7. The summed E-state index contributed by atoms with van der Waals surface area (Å²) >= 11 is 3.40. The van der Waals surface area contributed by atoms with E-state index in [1.54, 1.807) is 6.26 Å². The van der Waals surface area contributed by atoms with Gasteiger partial charge in [-0.1, -0.05) is 22.0 Å². The zero-order chi connectivity index (χ0) is 14.5. The summed E-state index contributed by atoms with van der Waals surface area (Å²) in [6.45, 7) is 3.95. The molecule has 0 radical (unpaired) electrons. The SMILES string of the molecule is Cc1ccc(Br)cc1C(=O)NC(C)CCc1ccco1. The van der Waals surface area contributed by atoms with Crippen molar-refractivity contribution in [2.45, 2.75) is 32.7 Å².